The highest BCUT2D eigenvalue weighted by molar-refractivity contribution is 5.94. The number of benzene rings is 2. The molecule has 38 heavy (non-hydrogen) atoms. The zero-order valence-corrected chi connectivity index (χ0v) is 22.1. The maximum atomic E-state index is 13.2. The Bertz CT molecular complexity index is 1110. The van der Waals surface area contributed by atoms with E-state index in [-0.39, 0.29) is 30.1 Å². The number of hydrogen-bond donors (Lipinski definition) is 0. The molecule has 3 fully saturated rings. The molecule has 3 aliphatic rings. The van der Waals surface area contributed by atoms with Gasteiger partial charge in [0.1, 0.15) is 6.61 Å². The fourth-order valence-electron chi connectivity index (χ4n) is 6.05. The van der Waals surface area contributed by atoms with Gasteiger partial charge < -0.3 is 19.3 Å². The average Bonchev–Trinajstić information content (AvgIpc) is 3.37. The molecule has 8 nitrogen and oxygen atoms in total. The van der Waals surface area contributed by atoms with Gasteiger partial charge in [-0.15, -0.1) is 0 Å². The summed E-state index contributed by atoms with van der Waals surface area (Å²) < 4.78 is 10.4. The van der Waals surface area contributed by atoms with Crippen LogP contribution in [-0.2, 0) is 20.9 Å². The fourth-order valence-corrected chi connectivity index (χ4v) is 6.05. The molecule has 8 heteroatoms. The van der Waals surface area contributed by atoms with Gasteiger partial charge in [0.2, 0.25) is 0 Å². The number of carbonyl (C=O) groups excluding carboxylic acids is 3. The van der Waals surface area contributed by atoms with Gasteiger partial charge in [0.15, 0.2) is 0 Å². The van der Waals surface area contributed by atoms with E-state index < -0.39 is 0 Å². The van der Waals surface area contributed by atoms with Crippen molar-refractivity contribution in [2.24, 2.45) is 5.92 Å². The van der Waals surface area contributed by atoms with Crippen LogP contribution < -0.4 is 4.90 Å². The van der Waals surface area contributed by atoms with Crippen LogP contribution in [0.3, 0.4) is 0 Å². The number of carbonyl (C=O) groups is 3. The van der Waals surface area contributed by atoms with E-state index in [1.54, 1.807) is 4.90 Å². The summed E-state index contributed by atoms with van der Waals surface area (Å²) in [6.45, 7) is 3.05. The highest BCUT2D eigenvalue weighted by Crippen LogP contribution is 2.33. The molecule has 0 atom stereocenters. The second-order valence-electron chi connectivity index (χ2n) is 10.5. The molecule has 0 aromatic heterocycles. The number of rotatable bonds is 6. The van der Waals surface area contributed by atoms with E-state index in [0.29, 0.717) is 38.7 Å². The van der Waals surface area contributed by atoms with Crippen molar-refractivity contribution in [3.63, 3.8) is 0 Å². The van der Waals surface area contributed by atoms with Gasteiger partial charge in [0, 0.05) is 37.9 Å². The third kappa shape index (κ3) is 5.79. The minimum Gasteiger partial charge on any atom is -0.469 e. The van der Waals surface area contributed by atoms with Crippen LogP contribution in [0.2, 0.25) is 0 Å². The summed E-state index contributed by atoms with van der Waals surface area (Å²) in [6.07, 6.45) is 4.78. The Balaban J connectivity index is 1.09. The van der Waals surface area contributed by atoms with E-state index in [4.69, 9.17) is 9.47 Å². The first-order chi connectivity index (χ1) is 18.5. The Morgan fingerprint density at radius 2 is 1.53 bits per heavy atom. The molecule has 2 aromatic carbocycles. The Kier molecular flexibility index (Phi) is 8.15. The lowest BCUT2D eigenvalue weighted by molar-refractivity contribution is -0.146. The topological polar surface area (TPSA) is 79.4 Å². The molecule has 0 radical (unpaired) electrons. The highest BCUT2D eigenvalue weighted by Gasteiger charge is 2.37. The average molecular weight is 520 g/mol. The minimum atomic E-state index is -0.251. The van der Waals surface area contributed by atoms with Crippen LogP contribution in [0.1, 0.15) is 55.6 Å². The van der Waals surface area contributed by atoms with Crippen LogP contribution in [0.15, 0.2) is 54.6 Å². The number of amides is 3. The number of ether oxygens (including phenoxy) is 2. The lowest BCUT2D eigenvalue weighted by atomic mass is 9.85. The second kappa shape index (κ2) is 11.9. The van der Waals surface area contributed by atoms with Gasteiger partial charge in [-0.3, -0.25) is 9.69 Å². The van der Waals surface area contributed by atoms with Crippen molar-refractivity contribution in [3.8, 4) is 0 Å². The number of esters is 1. The van der Waals surface area contributed by atoms with E-state index in [1.807, 2.05) is 52.3 Å². The molecule has 0 unspecified atom stereocenters. The second-order valence-corrected chi connectivity index (χ2v) is 10.5. The largest absolute Gasteiger partial charge is 0.469 e. The van der Waals surface area contributed by atoms with Gasteiger partial charge in [-0.25, -0.2) is 9.59 Å². The lowest BCUT2D eigenvalue weighted by Gasteiger charge is -2.33. The van der Waals surface area contributed by atoms with Gasteiger partial charge in [0.05, 0.1) is 13.0 Å². The molecule has 2 heterocycles. The quantitative estimate of drug-likeness (QED) is 0.492. The van der Waals surface area contributed by atoms with Crippen molar-refractivity contribution in [1.29, 1.82) is 0 Å². The molecule has 202 valence electrons. The molecule has 0 bridgehead atoms. The third-order valence-corrected chi connectivity index (χ3v) is 8.35. The number of anilines is 1. The van der Waals surface area contributed by atoms with Crippen molar-refractivity contribution in [1.82, 2.24) is 9.80 Å². The van der Waals surface area contributed by atoms with Gasteiger partial charge in [0.25, 0.3) is 0 Å². The van der Waals surface area contributed by atoms with Gasteiger partial charge in [-0.05, 0) is 67.7 Å². The van der Waals surface area contributed by atoms with E-state index in [2.05, 4.69) is 12.1 Å². The normalized spacial score (nSPS) is 22.4. The Morgan fingerprint density at radius 1 is 0.842 bits per heavy atom. The van der Waals surface area contributed by atoms with Crippen LogP contribution in [0.5, 0.6) is 0 Å². The smallest absolute Gasteiger partial charge is 0.410 e. The zero-order valence-electron chi connectivity index (χ0n) is 22.1. The molecule has 2 aromatic rings. The van der Waals surface area contributed by atoms with E-state index in [9.17, 15) is 14.4 Å². The summed E-state index contributed by atoms with van der Waals surface area (Å²) in [5, 5.41) is 0. The Hall–Kier alpha value is -3.55. The van der Waals surface area contributed by atoms with Crippen LogP contribution in [0.25, 0.3) is 0 Å². The Morgan fingerprint density at radius 3 is 2.18 bits per heavy atom. The highest BCUT2D eigenvalue weighted by atomic mass is 16.6. The van der Waals surface area contributed by atoms with Gasteiger partial charge in [-0.1, -0.05) is 42.5 Å². The molecule has 1 aliphatic carbocycles. The summed E-state index contributed by atoms with van der Waals surface area (Å²) in [5.41, 5.74) is 3.16. The van der Waals surface area contributed by atoms with Crippen molar-refractivity contribution in [3.05, 3.63) is 65.7 Å². The predicted octanol–water partition coefficient (Wildman–Crippen LogP) is 5.18. The monoisotopic (exact) mass is 519 g/mol. The molecular formula is C30H37N3O5. The molecule has 0 N–H and O–H groups in total. The molecular weight excluding hydrogens is 482 g/mol. The molecule has 2 aliphatic heterocycles. The zero-order chi connectivity index (χ0) is 26.5. The van der Waals surface area contributed by atoms with E-state index in [1.165, 1.54) is 12.7 Å². The number of nitrogens with zero attached hydrogens (tertiary/aromatic N) is 3. The number of likely N-dealkylation sites (tertiary alicyclic amines) is 1. The minimum absolute atomic E-state index is 0.0376. The summed E-state index contributed by atoms with van der Waals surface area (Å²) in [5.74, 6) is 0.217. The van der Waals surface area contributed by atoms with Crippen LogP contribution >= 0.6 is 0 Å². The first kappa shape index (κ1) is 26.1. The summed E-state index contributed by atoms with van der Waals surface area (Å²) >= 11 is 0. The number of piperidine rings is 1. The van der Waals surface area contributed by atoms with Crippen molar-refractivity contribution < 1.29 is 23.9 Å². The van der Waals surface area contributed by atoms with E-state index in [0.717, 1.165) is 49.8 Å². The first-order valence-electron chi connectivity index (χ1n) is 13.7. The molecule has 0 spiro atoms. The molecule has 5 rings (SSSR count). The summed E-state index contributed by atoms with van der Waals surface area (Å²) in [4.78, 5) is 43.2. The van der Waals surface area contributed by atoms with Crippen LogP contribution in [0.4, 0.5) is 15.3 Å². The summed E-state index contributed by atoms with van der Waals surface area (Å²) in [6, 6.07) is 18.3. The van der Waals surface area contributed by atoms with E-state index >= 15 is 0 Å². The lowest BCUT2D eigenvalue weighted by Crippen LogP contribution is -2.42. The fraction of sp³-hybridized carbons (Fsp3) is 0.500. The number of urea groups is 1. The molecule has 2 saturated heterocycles. The van der Waals surface area contributed by atoms with Crippen molar-refractivity contribution >= 4 is 23.8 Å². The standard InChI is InChI=1S/C30H37N3O5/c1-37-28(34)25-9-13-27(14-10-25)33-20-19-32(29(33)35)26-11-7-23(8-12-26)24-15-17-31(18-16-24)30(36)38-21-22-5-3-2-4-6-22/h2-8,11-12,24-25,27H,9-10,13-21H2,1H3. The number of methoxy groups -OCH3 is 1. The predicted molar refractivity (Wildman–Crippen MR) is 144 cm³/mol. The first-order valence-corrected chi connectivity index (χ1v) is 13.7. The maximum Gasteiger partial charge on any atom is 0.410 e. The summed E-state index contributed by atoms with van der Waals surface area (Å²) in [7, 11) is 1.44. The van der Waals surface area contributed by atoms with Gasteiger partial charge in [-0.2, -0.15) is 0 Å². The SMILES string of the molecule is COC(=O)C1CCC(N2CCN(c3ccc(C4CCN(C(=O)OCc5ccccc5)CC4)cc3)C2=O)CC1. The van der Waals surface area contributed by atoms with Crippen LogP contribution in [-0.4, -0.2) is 67.2 Å². The van der Waals surface area contributed by atoms with Crippen LogP contribution in [0, 0.1) is 5.92 Å². The molecule has 3 amide bonds. The van der Waals surface area contributed by atoms with Crippen molar-refractivity contribution in [2.45, 2.75) is 57.1 Å². The molecule has 1 saturated carbocycles. The van der Waals surface area contributed by atoms with Crippen molar-refractivity contribution in [2.75, 3.05) is 38.2 Å². The number of hydrogen-bond acceptors (Lipinski definition) is 5. The Labute approximate surface area is 224 Å². The maximum absolute atomic E-state index is 13.2. The van der Waals surface area contributed by atoms with Gasteiger partial charge >= 0.3 is 18.1 Å². The third-order valence-electron chi connectivity index (χ3n) is 8.35.